The number of anilines is 1. The fraction of sp³-hybridized carbons (Fsp3) is 0.333. The van der Waals surface area contributed by atoms with Crippen molar-refractivity contribution >= 4 is 27.5 Å². The molecule has 0 aliphatic rings. The molecule has 0 aliphatic heterocycles. The van der Waals surface area contributed by atoms with E-state index in [0.29, 0.717) is 11.3 Å². The highest BCUT2D eigenvalue weighted by Crippen LogP contribution is 2.34. The summed E-state index contributed by atoms with van der Waals surface area (Å²) in [5.41, 5.74) is 0.750. The number of rotatable bonds is 13. The molecular weight excluding hydrogens is 549 g/mol. The van der Waals surface area contributed by atoms with Crippen LogP contribution >= 0.6 is 0 Å². The van der Waals surface area contributed by atoms with Crippen molar-refractivity contribution in [2.45, 2.75) is 50.7 Å². The largest absolute Gasteiger partial charge is 0.493 e. The third-order valence-electron chi connectivity index (χ3n) is 6.35. The Bertz CT molecular complexity index is 1430. The lowest BCUT2D eigenvalue weighted by atomic mass is 10.1. The second-order valence-electron chi connectivity index (χ2n) is 9.60. The van der Waals surface area contributed by atoms with Crippen molar-refractivity contribution < 1.29 is 31.9 Å². The number of hydrogen-bond donors (Lipinski definition) is 1. The fourth-order valence-electron chi connectivity index (χ4n) is 4.32. The number of sulfonamides is 1. The van der Waals surface area contributed by atoms with Crippen LogP contribution in [-0.2, 0) is 26.2 Å². The van der Waals surface area contributed by atoms with Gasteiger partial charge in [0.2, 0.25) is 11.8 Å². The highest BCUT2D eigenvalue weighted by atomic mass is 32.2. The van der Waals surface area contributed by atoms with Crippen molar-refractivity contribution in [1.29, 1.82) is 0 Å². The molecule has 0 bridgehead atoms. The van der Waals surface area contributed by atoms with E-state index in [9.17, 15) is 22.4 Å². The van der Waals surface area contributed by atoms with Crippen LogP contribution in [-0.4, -0.2) is 58.0 Å². The predicted octanol–water partition coefficient (Wildman–Crippen LogP) is 4.37. The highest BCUT2D eigenvalue weighted by Gasteiger charge is 2.34. The van der Waals surface area contributed by atoms with E-state index in [0.717, 1.165) is 4.31 Å². The summed E-state index contributed by atoms with van der Waals surface area (Å²) in [6.07, 6.45) is 0.271. The van der Waals surface area contributed by atoms with E-state index in [2.05, 4.69) is 5.32 Å². The van der Waals surface area contributed by atoms with Gasteiger partial charge in [-0.3, -0.25) is 13.9 Å². The first-order valence-electron chi connectivity index (χ1n) is 13.2. The second-order valence-corrected chi connectivity index (χ2v) is 11.5. The SMILES string of the molecule is CC[C@@H](C(=O)NC(C)C)N(Cc1ccc(F)cc1)C(=O)CN(c1ccc(OC)c(OC)c1)S(=O)(=O)c1ccccc1. The summed E-state index contributed by atoms with van der Waals surface area (Å²) >= 11 is 0. The summed E-state index contributed by atoms with van der Waals surface area (Å²) in [6, 6.07) is 16.8. The molecule has 3 rings (SSSR count). The molecule has 1 atom stereocenters. The highest BCUT2D eigenvalue weighted by molar-refractivity contribution is 7.92. The number of amides is 2. The molecular formula is C30H36FN3O6S. The molecule has 9 nitrogen and oxygen atoms in total. The molecule has 220 valence electrons. The first kappa shape index (κ1) is 31.4. The van der Waals surface area contributed by atoms with Gasteiger partial charge in [-0.05, 0) is 62.2 Å². The number of nitrogens with one attached hydrogen (secondary N) is 1. The molecule has 0 heterocycles. The van der Waals surface area contributed by atoms with Crippen molar-refractivity contribution in [3.8, 4) is 11.5 Å². The zero-order valence-corrected chi connectivity index (χ0v) is 24.7. The van der Waals surface area contributed by atoms with Gasteiger partial charge in [-0.2, -0.15) is 0 Å². The number of carbonyl (C=O) groups is 2. The van der Waals surface area contributed by atoms with E-state index in [4.69, 9.17) is 9.47 Å². The van der Waals surface area contributed by atoms with Crippen molar-refractivity contribution in [2.24, 2.45) is 0 Å². The van der Waals surface area contributed by atoms with Gasteiger partial charge in [-0.15, -0.1) is 0 Å². The number of hydrogen-bond acceptors (Lipinski definition) is 6. The van der Waals surface area contributed by atoms with Crippen LogP contribution in [0.2, 0.25) is 0 Å². The standard InChI is InChI=1S/C30H36FN3O6S/c1-6-26(30(36)32-21(2)3)33(19-22-12-14-23(31)15-13-22)29(35)20-34(41(37,38)25-10-8-7-9-11-25)24-16-17-27(39-4)28(18-24)40-5/h7-18,21,26H,6,19-20H2,1-5H3,(H,32,36)/t26-/m0/s1. The first-order valence-corrected chi connectivity index (χ1v) is 14.6. The predicted molar refractivity (Wildman–Crippen MR) is 155 cm³/mol. The van der Waals surface area contributed by atoms with Crippen LogP contribution in [0.4, 0.5) is 10.1 Å². The van der Waals surface area contributed by atoms with Gasteiger partial charge in [-0.25, -0.2) is 12.8 Å². The summed E-state index contributed by atoms with van der Waals surface area (Å²) in [6.45, 7) is 4.74. The van der Waals surface area contributed by atoms with Gasteiger partial charge in [0.15, 0.2) is 11.5 Å². The number of ether oxygens (including phenoxy) is 2. The molecule has 0 unspecified atom stereocenters. The van der Waals surface area contributed by atoms with Gasteiger partial charge in [0.05, 0.1) is 24.8 Å². The van der Waals surface area contributed by atoms with Crippen molar-refractivity contribution in [1.82, 2.24) is 10.2 Å². The number of benzene rings is 3. The molecule has 0 spiro atoms. The summed E-state index contributed by atoms with van der Waals surface area (Å²) in [5, 5.41) is 2.84. The van der Waals surface area contributed by atoms with Crippen LogP contribution < -0.4 is 19.1 Å². The topological polar surface area (TPSA) is 105 Å². The molecule has 11 heteroatoms. The number of methoxy groups -OCH3 is 2. The molecule has 0 radical (unpaired) electrons. The number of nitrogens with zero attached hydrogens (tertiary/aromatic N) is 2. The van der Waals surface area contributed by atoms with Crippen LogP contribution in [0.15, 0.2) is 77.7 Å². The van der Waals surface area contributed by atoms with Crippen molar-refractivity contribution in [3.63, 3.8) is 0 Å². The number of halogens is 1. The van der Waals surface area contributed by atoms with E-state index >= 15 is 0 Å². The minimum atomic E-state index is -4.24. The minimum absolute atomic E-state index is 0.0164. The van der Waals surface area contributed by atoms with Crippen molar-refractivity contribution in [3.05, 3.63) is 84.2 Å². The van der Waals surface area contributed by atoms with Crippen LogP contribution in [0.1, 0.15) is 32.8 Å². The Morgan fingerprint density at radius 1 is 0.927 bits per heavy atom. The Morgan fingerprint density at radius 3 is 2.12 bits per heavy atom. The second kappa shape index (κ2) is 14.0. The Labute approximate surface area is 240 Å². The van der Waals surface area contributed by atoms with Crippen LogP contribution in [0, 0.1) is 5.82 Å². The molecule has 0 fully saturated rings. The normalized spacial score (nSPS) is 12.0. The van der Waals surface area contributed by atoms with E-state index in [-0.39, 0.29) is 41.2 Å². The molecule has 0 aromatic heterocycles. The van der Waals surface area contributed by atoms with Crippen LogP contribution in [0.3, 0.4) is 0 Å². The van der Waals surface area contributed by atoms with Gasteiger partial charge in [0.25, 0.3) is 10.0 Å². The van der Waals surface area contributed by atoms with E-state index in [1.165, 1.54) is 67.7 Å². The lowest BCUT2D eigenvalue weighted by Gasteiger charge is -2.33. The smallest absolute Gasteiger partial charge is 0.264 e. The molecule has 1 N–H and O–H groups in total. The van der Waals surface area contributed by atoms with Gasteiger partial charge in [0.1, 0.15) is 18.4 Å². The van der Waals surface area contributed by atoms with Crippen molar-refractivity contribution in [2.75, 3.05) is 25.1 Å². The van der Waals surface area contributed by atoms with Crippen LogP contribution in [0.5, 0.6) is 11.5 Å². The molecule has 0 saturated carbocycles. The Kier molecular flexibility index (Phi) is 10.7. The Balaban J connectivity index is 2.10. The molecule has 2 amide bonds. The zero-order chi connectivity index (χ0) is 30.2. The third-order valence-corrected chi connectivity index (χ3v) is 8.14. The average Bonchev–Trinajstić information content (AvgIpc) is 2.96. The maximum Gasteiger partial charge on any atom is 0.264 e. The minimum Gasteiger partial charge on any atom is -0.493 e. The Morgan fingerprint density at radius 2 is 1.56 bits per heavy atom. The van der Waals surface area contributed by atoms with E-state index in [1.807, 2.05) is 13.8 Å². The van der Waals surface area contributed by atoms with E-state index in [1.54, 1.807) is 31.2 Å². The van der Waals surface area contributed by atoms with Gasteiger partial charge in [-0.1, -0.05) is 37.3 Å². The summed E-state index contributed by atoms with van der Waals surface area (Å²) in [5.74, 6) is -0.772. The van der Waals surface area contributed by atoms with Gasteiger partial charge >= 0.3 is 0 Å². The lowest BCUT2D eigenvalue weighted by Crippen LogP contribution is -2.53. The average molecular weight is 586 g/mol. The lowest BCUT2D eigenvalue weighted by molar-refractivity contribution is -0.140. The first-order chi connectivity index (χ1) is 19.5. The molecule has 3 aromatic rings. The molecule has 0 saturated heterocycles. The summed E-state index contributed by atoms with van der Waals surface area (Å²) in [7, 11) is -1.36. The summed E-state index contributed by atoms with van der Waals surface area (Å²) in [4.78, 5) is 28.5. The molecule has 41 heavy (non-hydrogen) atoms. The summed E-state index contributed by atoms with van der Waals surface area (Å²) < 4.78 is 53.1. The monoisotopic (exact) mass is 585 g/mol. The maximum atomic E-state index is 14.1. The molecule has 3 aromatic carbocycles. The quantitative estimate of drug-likeness (QED) is 0.320. The van der Waals surface area contributed by atoms with Crippen LogP contribution in [0.25, 0.3) is 0 Å². The fourth-order valence-corrected chi connectivity index (χ4v) is 5.74. The third kappa shape index (κ3) is 7.75. The number of carbonyl (C=O) groups excluding carboxylic acids is 2. The Hall–Kier alpha value is -4.12. The van der Waals surface area contributed by atoms with Gasteiger partial charge < -0.3 is 19.7 Å². The van der Waals surface area contributed by atoms with Gasteiger partial charge in [0, 0.05) is 18.7 Å². The van der Waals surface area contributed by atoms with E-state index < -0.39 is 34.3 Å². The maximum absolute atomic E-state index is 14.1. The zero-order valence-electron chi connectivity index (χ0n) is 23.8. The molecule has 0 aliphatic carbocycles.